The quantitative estimate of drug-likeness (QED) is 0.793. The summed E-state index contributed by atoms with van der Waals surface area (Å²) in [5.41, 5.74) is 2.43. The zero-order valence-corrected chi connectivity index (χ0v) is 9.83. The molecule has 4 nitrogen and oxygen atoms in total. The van der Waals surface area contributed by atoms with Gasteiger partial charge in [0.25, 0.3) is 0 Å². The molecule has 0 atom stereocenters. The van der Waals surface area contributed by atoms with E-state index in [0.29, 0.717) is 0 Å². The van der Waals surface area contributed by atoms with Crippen LogP contribution in [-0.4, -0.2) is 42.3 Å². The highest BCUT2D eigenvalue weighted by molar-refractivity contribution is 5.78. The molecule has 2 rings (SSSR count). The summed E-state index contributed by atoms with van der Waals surface area (Å²) >= 11 is 0. The molecule has 1 aromatic carbocycles. The second-order valence-corrected chi connectivity index (χ2v) is 4.13. The molecule has 2 N–H and O–H groups in total. The average molecular weight is 218 g/mol. The molecule has 16 heavy (non-hydrogen) atoms. The van der Waals surface area contributed by atoms with Crippen LogP contribution in [-0.2, 0) is 6.54 Å². The minimum Gasteiger partial charge on any atom is -0.318 e. The number of aromatic amines is 1. The molecule has 0 aliphatic carbocycles. The van der Waals surface area contributed by atoms with Crippen LogP contribution in [0.5, 0.6) is 0 Å². The summed E-state index contributed by atoms with van der Waals surface area (Å²) in [5.74, 6) is 0. The van der Waals surface area contributed by atoms with Gasteiger partial charge in [0.15, 0.2) is 0 Å². The van der Waals surface area contributed by atoms with Crippen molar-refractivity contribution in [2.45, 2.75) is 6.54 Å². The van der Waals surface area contributed by atoms with Crippen LogP contribution >= 0.6 is 0 Å². The van der Waals surface area contributed by atoms with E-state index in [1.165, 1.54) is 10.9 Å². The highest BCUT2D eigenvalue weighted by Gasteiger charge is 2.01. The summed E-state index contributed by atoms with van der Waals surface area (Å²) < 4.78 is 0. The van der Waals surface area contributed by atoms with Crippen molar-refractivity contribution in [3.8, 4) is 0 Å². The van der Waals surface area contributed by atoms with Gasteiger partial charge in [-0.1, -0.05) is 12.1 Å². The molecule has 0 fully saturated rings. The van der Waals surface area contributed by atoms with Crippen LogP contribution in [0.4, 0.5) is 0 Å². The van der Waals surface area contributed by atoms with Gasteiger partial charge in [0, 0.05) is 25.0 Å². The lowest BCUT2D eigenvalue weighted by molar-refractivity contribution is 0.328. The number of aromatic nitrogens is 2. The zero-order chi connectivity index (χ0) is 11.4. The molecule has 0 radical (unpaired) electrons. The third-order valence-corrected chi connectivity index (χ3v) is 2.70. The number of nitrogens with zero attached hydrogens (tertiary/aromatic N) is 2. The largest absolute Gasteiger partial charge is 0.318 e. The van der Waals surface area contributed by atoms with Crippen LogP contribution in [0.3, 0.4) is 0 Å². The van der Waals surface area contributed by atoms with Crippen molar-refractivity contribution >= 4 is 10.9 Å². The summed E-state index contributed by atoms with van der Waals surface area (Å²) in [5, 5.41) is 11.3. The number of likely N-dealkylation sites (N-methyl/N-ethyl adjacent to an activating group) is 2. The van der Waals surface area contributed by atoms with Crippen molar-refractivity contribution in [2.75, 3.05) is 27.2 Å². The Morgan fingerprint density at radius 1 is 1.44 bits per heavy atom. The van der Waals surface area contributed by atoms with Gasteiger partial charge in [-0.3, -0.25) is 5.10 Å². The number of fused-ring (bicyclic) bond motifs is 1. The van der Waals surface area contributed by atoms with E-state index in [9.17, 15) is 0 Å². The lowest BCUT2D eigenvalue weighted by Crippen LogP contribution is -2.26. The zero-order valence-electron chi connectivity index (χ0n) is 9.83. The normalized spacial score (nSPS) is 11.4. The predicted octanol–water partition coefficient (Wildman–Crippen LogP) is 1.21. The Hall–Kier alpha value is -1.39. The molecule has 0 aliphatic rings. The number of H-pyrrole nitrogens is 1. The maximum absolute atomic E-state index is 4.02. The van der Waals surface area contributed by atoms with E-state index in [1.54, 1.807) is 0 Å². The Kier molecular flexibility index (Phi) is 3.54. The fourth-order valence-corrected chi connectivity index (χ4v) is 1.78. The smallest absolute Gasteiger partial charge is 0.0653 e. The minimum absolute atomic E-state index is 0.969. The first kappa shape index (κ1) is 11.1. The number of hydrogen-bond acceptors (Lipinski definition) is 3. The summed E-state index contributed by atoms with van der Waals surface area (Å²) in [6.07, 6.45) is 1.85. The van der Waals surface area contributed by atoms with Crippen LogP contribution in [0.25, 0.3) is 10.9 Å². The Balaban J connectivity index is 2.03. The van der Waals surface area contributed by atoms with Crippen molar-refractivity contribution in [2.24, 2.45) is 0 Å². The van der Waals surface area contributed by atoms with Crippen molar-refractivity contribution < 1.29 is 0 Å². The molecule has 1 aromatic heterocycles. The molecule has 0 saturated carbocycles. The Labute approximate surface area is 95.6 Å². The first-order valence-corrected chi connectivity index (χ1v) is 5.55. The van der Waals surface area contributed by atoms with Gasteiger partial charge in [-0.05, 0) is 25.7 Å². The molecule has 1 heterocycles. The molecule has 4 heteroatoms. The predicted molar refractivity (Wildman–Crippen MR) is 66.4 cm³/mol. The van der Waals surface area contributed by atoms with Gasteiger partial charge in [0.2, 0.25) is 0 Å². The van der Waals surface area contributed by atoms with Crippen molar-refractivity contribution in [3.05, 3.63) is 30.0 Å². The van der Waals surface area contributed by atoms with Gasteiger partial charge in [0.1, 0.15) is 0 Å². The molecular formula is C12H18N4. The van der Waals surface area contributed by atoms with Crippen LogP contribution in [0, 0.1) is 0 Å². The van der Waals surface area contributed by atoms with Gasteiger partial charge in [-0.15, -0.1) is 0 Å². The van der Waals surface area contributed by atoms with E-state index >= 15 is 0 Å². The van der Waals surface area contributed by atoms with Crippen LogP contribution in [0.1, 0.15) is 5.56 Å². The maximum Gasteiger partial charge on any atom is 0.0653 e. The summed E-state index contributed by atoms with van der Waals surface area (Å²) in [6.45, 7) is 3.04. The Morgan fingerprint density at radius 2 is 2.31 bits per heavy atom. The van der Waals surface area contributed by atoms with E-state index in [-0.39, 0.29) is 0 Å². The van der Waals surface area contributed by atoms with Crippen molar-refractivity contribution in [3.63, 3.8) is 0 Å². The maximum atomic E-state index is 4.02. The molecule has 2 aromatic rings. The van der Waals surface area contributed by atoms with Gasteiger partial charge >= 0.3 is 0 Å². The molecule has 86 valence electrons. The van der Waals surface area contributed by atoms with E-state index in [4.69, 9.17) is 0 Å². The summed E-state index contributed by atoms with van der Waals surface area (Å²) in [7, 11) is 4.11. The van der Waals surface area contributed by atoms with Crippen molar-refractivity contribution in [1.29, 1.82) is 0 Å². The minimum atomic E-state index is 0.969. The topological polar surface area (TPSA) is 44.0 Å². The first-order chi connectivity index (χ1) is 7.79. The second-order valence-electron chi connectivity index (χ2n) is 4.13. The molecule has 0 aliphatic heterocycles. The van der Waals surface area contributed by atoms with Gasteiger partial charge in [0.05, 0.1) is 11.7 Å². The molecule has 0 bridgehead atoms. The Morgan fingerprint density at radius 3 is 3.12 bits per heavy atom. The number of rotatable bonds is 5. The monoisotopic (exact) mass is 218 g/mol. The first-order valence-electron chi connectivity index (χ1n) is 5.55. The molecule has 0 unspecified atom stereocenters. The summed E-state index contributed by atoms with van der Waals surface area (Å²) in [4.78, 5) is 2.30. The fraction of sp³-hybridized carbons (Fsp3) is 0.417. The van der Waals surface area contributed by atoms with E-state index in [0.717, 1.165) is 25.2 Å². The summed E-state index contributed by atoms with van der Waals surface area (Å²) in [6, 6.07) is 6.44. The third-order valence-electron chi connectivity index (χ3n) is 2.70. The molecule has 0 saturated heterocycles. The Bertz CT molecular complexity index is 449. The highest BCUT2D eigenvalue weighted by Crippen LogP contribution is 2.13. The van der Waals surface area contributed by atoms with E-state index < -0.39 is 0 Å². The fourth-order valence-electron chi connectivity index (χ4n) is 1.78. The van der Waals surface area contributed by atoms with Gasteiger partial charge in [-0.25, -0.2) is 0 Å². The van der Waals surface area contributed by atoms with Gasteiger partial charge in [-0.2, -0.15) is 5.10 Å². The number of benzene rings is 1. The third kappa shape index (κ3) is 2.59. The average Bonchev–Trinajstić information content (AvgIpc) is 2.73. The van der Waals surface area contributed by atoms with Crippen molar-refractivity contribution in [1.82, 2.24) is 20.4 Å². The second kappa shape index (κ2) is 5.09. The van der Waals surface area contributed by atoms with E-state index in [1.807, 2.05) is 13.2 Å². The van der Waals surface area contributed by atoms with Crippen LogP contribution in [0.15, 0.2) is 24.4 Å². The lowest BCUT2D eigenvalue weighted by atomic mass is 10.1. The molecule has 0 amide bonds. The van der Waals surface area contributed by atoms with Gasteiger partial charge < -0.3 is 10.2 Å². The highest BCUT2D eigenvalue weighted by atomic mass is 15.1. The molecular weight excluding hydrogens is 200 g/mol. The standard InChI is InChI=1S/C12H18N4/c1-13-5-6-16(2)9-10-3-4-11-8-14-15-12(11)7-10/h3-4,7-8,13H,5-6,9H2,1-2H3,(H,14,15). The van der Waals surface area contributed by atoms with Crippen LogP contribution < -0.4 is 5.32 Å². The number of hydrogen-bond donors (Lipinski definition) is 2. The molecule has 0 spiro atoms. The number of nitrogens with one attached hydrogen (secondary N) is 2. The van der Waals surface area contributed by atoms with E-state index in [2.05, 4.69) is 45.7 Å². The van der Waals surface area contributed by atoms with Crippen LogP contribution in [0.2, 0.25) is 0 Å². The SMILES string of the molecule is CNCCN(C)Cc1ccc2cn[nH]c2c1. The lowest BCUT2D eigenvalue weighted by Gasteiger charge is -2.16.